The van der Waals surface area contributed by atoms with Gasteiger partial charge in [-0.2, -0.15) is 0 Å². The fraction of sp³-hybridized carbons (Fsp3) is 1.00. The van der Waals surface area contributed by atoms with Crippen molar-refractivity contribution in [2.75, 3.05) is 0 Å². The molecule has 0 radical (unpaired) electrons. The fourth-order valence-electron chi connectivity index (χ4n) is 0.934. The monoisotopic (exact) mass is 146 g/mol. The molecule has 0 saturated heterocycles. The van der Waals surface area contributed by atoms with E-state index in [0.29, 0.717) is 15.2 Å². The van der Waals surface area contributed by atoms with Crippen molar-refractivity contribution in [2.24, 2.45) is 11.8 Å². The Labute approximate surface area is 68.7 Å². The summed E-state index contributed by atoms with van der Waals surface area (Å²) in [4.78, 5) is 0. The van der Waals surface area contributed by atoms with Crippen LogP contribution in [0.3, 0.4) is 0 Å². The van der Waals surface area contributed by atoms with Crippen LogP contribution in [-0.2, 0) is 0 Å². The van der Waals surface area contributed by atoms with E-state index in [1.807, 2.05) is 0 Å². The molecule has 0 aliphatic heterocycles. The lowest BCUT2D eigenvalue weighted by molar-refractivity contribution is 0.700. The standard InChI is InChI=1S/2C4H9.Al.2H2.H/c2*1-4(2)3;;;;/h2*4H,1H2,2-3H3;;2*1H;. The van der Waals surface area contributed by atoms with Gasteiger partial charge in [0, 0.05) is 2.85 Å². The van der Waals surface area contributed by atoms with E-state index in [0.717, 1.165) is 11.8 Å². The second kappa shape index (κ2) is 5.33. The second-order valence-electron chi connectivity index (χ2n) is 3.72. The third kappa shape index (κ3) is 8.53. The van der Waals surface area contributed by atoms with Gasteiger partial charge >= 0.3 is 0 Å². The van der Waals surface area contributed by atoms with Crippen LogP contribution in [0.2, 0.25) is 10.6 Å². The maximum absolute atomic E-state index is 2.33. The fourth-order valence-corrected chi connectivity index (χ4v) is 2.80. The summed E-state index contributed by atoms with van der Waals surface area (Å²) in [6.45, 7) is 9.31. The van der Waals surface area contributed by atoms with Crippen molar-refractivity contribution >= 4 is 15.2 Å². The van der Waals surface area contributed by atoms with Gasteiger partial charge in [-0.1, -0.05) is 50.1 Å². The number of hydrogen-bond donors (Lipinski definition) is 0. The van der Waals surface area contributed by atoms with E-state index in [-0.39, 0.29) is 2.85 Å². The summed E-state index contributed by atoms with van der Waals surface area (Å²) in [5.74, 6) is 1.91. The number of hydrogen-bond acceptors (Lipinski definition) is 0. The molecule has 0 amide bonds. The molecule has 9 heavy (non-hydrogen) atoms. The molecule has 0 saturated carbocycles. The summed E-state index contributed by atoms with van der Waals surface area (Å²) in [6.07, 6.45) is 0. The topological polar surface area (TPSA) is 0 Å². The third-order valence-electron chi connectivity index (χ3n) is 1.56. The van der Waals surface area contributed by atoms with Crippen molar-refractivity contribution in [3.05, 3.63) is 0 Å². The van der Waals surface area contributed by atoms with Crippen LogP contribution in [0, 0.1) is 11.8 Å². The van der Waals surface area contributed by atoms with Crippen molar-refractivity contribution in [3.8, 4) is 0 Å². The largest absolute Gasteiger partial charge is 0.237 e. The van der Waals surface area contributed by atoms with Gasteiger partial charge in [0.2, 0.25) is 15.2 Å². The highest BCUT2D eigenvalue weighted by Crippen LogP contribution is 2.05. The molecule has 58 valence electrons. The summed E-state index contributed by atoms with van der Waals surface area (Å²) >= 11 is 0.316. The molecule has 0 aliphatic carbocycles. The molecule has 0 aromatic carbocycles. The first kappa shape index (κ1) is 9.53. The van der Waals surface area contributed by atoms with Gasteiger partial charge in [-0.15, -0.1) is 0 Å². The van der Waals surface area contributed by atoms with Crippen LogP contribution in [-0.4, -0.2) is 15.2 Å². The summed E-state index contributed by atoms with van der Waals surface area (Å²) in [7, 11) is 0. The summed E-state index contributed by atoms with van der Waals surface area (Å²) in [6, 6.07) is 0. The average Bonchev–Trinajstić information content (AvgIpc) is 1.63. The van der Waals surface area contributed by atoms with Gasteiger partial charge in [0.25, 0.3) is 0 Å². The molecule has 1 heteroatoms. The van der Waals surface area contributed by atoms with E-state index >= 15 is 0 Å². The molecule has 0 rings (SSSR count). The lowest BCUT2D eigenvalue weighted by Crippen LogP contribution is -1.99. The minimum Gasteiger partial charge on any atom is -0.0950 e. The normalized spacial score (nSPS) is 10.9. The Morgan fingerprint density at radius 1 is 1.00 bits per heavy atom. The van der Waals surface area contributed by atoms with Gasteiger partial charge in [-0.05, 0) is 0 Å². The highest BCUT2D eigenvalue weighted by atomic mass is 27.1. The molecule has 0 spiro atoms. The van der Waals surface area contributed by atoms with Crippen molar-refractivity contribution in [1.29, 1.82) is 0 Å². The molecule has 0 aliphatic rings. The zero-order valence-electron chi connectivity index (χ0n) is 7.28. The molecule has 0 aromatic heterocycles. The first-order chi connectivity index (χ1) is 4.13. The molecule has 0 aromatic rings. The minimum absolute atomic E-state index is 0. The van der Waals surface area contributed by atoms with Gasteiger partial charge in [-0.25, -0.2) is 0 Å². The molecule has 0 N–H and O–H groups in total. The molecule has 0 nitrogen and oxygen atoms in total. The number of rotatable bonds is 4. The Morgan fingerprint density at radius 3 is 1.56 bits per heavy atom. The average molecular weight is 146 g/mol. The van der Waals surface area contributed by atoms with Gasteiger partial charge in [-0.3, -0.25) is 0 Å². The molecule has 0 unspecified atom stereocenters. The molecule has 0 heterocycles. The van der Waals surface area contributed by atoms with Gasteiger partial charge in [0.15, 0.2) is 0 Å². The molecular weight excluding hydrogens is 123 g/mol. The van der Waals surface area contributed by atoms with E-state index < -0.39 is 0 Å². The van der Waals surface area contributed by atoms with Crippen LogP contribution < -0.4 is 0 Å². The lowest BCUT2D eigenvalue weighted by Gasteiger charge is -2.03. The quantitative estimate of drug-likeness (QED) is 0.535. The van der Waals surface area contributed by atoms with E-state index in [4.69, 9.17) is 0 Å². The van der Waals surface area contributed by atoms with Crippen molar-refractivity contribution in [1.82, 2.24) is 0 Å². The van der Waals surface area contributed by atoms with E-state index in [1.165, 1.54) is 10.6 Å². The smallest absolute Gasteiger partial charge is 0.0950 e. The van der Waals surface area contributed by atoms with E-state index in [9.17, 15) is 0 Å². The highest BCUT2D eigenvalue weighted by molar-refractivity contribution is 6.35. The predicted molar refractivity (Wildman–Crippen MR) is 50.7 cm³/mol. The van der Waals surface area contributed by atoms with Crippen LogP contribution in [0.1, 0.15) is 30.5 Å². The summed E-state index contributed by atoms with van der Waals surface area (Å²) < 4.78 is 0. The van der Waals surface area contributed by atoms with Crippen molar-refractivity contribution in [2.45, 2.75) is 38.3 Å². The van der Waals surface area contributed by atoms with Crippen LogP contribution >= 0.6 is 0 Å². The zero-order valence-corrected chi connectivity index (χ0v) is 8.69. The molecule has 0 fully saturated rings. The van der Waals surface area contributed by atoms with Crippen LogP contribution in [0.15, 0.2) is 0 Å². The van der Waals surface area contributed by atoms with Crippen LogP contribution in [0.25, 0.3) is 0 Å². The van der Waals surface area contributed by atoms with Gasteiger partial charge < -0.3 is 0 Å². The Kier molecular flexibility index (Phi) is 5.64. The summed E-state index contributed by atoms with van der Waals surface area (Å²) in [5.41, 5.74) is 0. The Balaban J connectivity index is -0.000000320. The Hall–Kier alpha value is 0.532. The molecule has 0 atom stereocenters. The minimum atomic E-state index is 0. The van der Waals surface area contributed by atoms with Crippen LogP contribution in [0.4, 0.5) is 0 Å². The SMILES string of the molecule is CC(C)[CH2][AlH][CH2]C(C)C.[HH].[HH]. The van der Waals surface area contributed by atoms with E-state index in [1.54, 1.807) is 0 Å². The predicted octanol–water partition coefficient (Wildman–Crippen LogP) is 3.06. The summed E-state index contributed by atoms with van der Waals surface area (Å²) in [5, 5.41) is 3.08. The first-order valence-corrected chi connectivity index (χ1v) is 6.13. The van der Waals surface area contributed by atoms with Crippen molar-refractivity contribution < 1.29 is 2.85 Å². The maximum atomic E-state index is 2.33. The molecular formula is C8H23Al. The highest BCUT2D eigenvalue weighted by Gasteiger charge is 1.99. The Bertz CT molecular complexity index is 57.1. The maximum Gasteiger partial charge on any atom is 0.237 e. The van der Waals surface area contributed by atoms with Gasteiger partial charge in [0.05, 0.1) is 0 Å². The first-order valence-electron chi connectivity index (χ1n) is 4.13. The second-order valence-corrected chi connectivity index (χ2v) is 5.58. The molecule has 0 bridgehead atoms. The van der Waals surface area contributed by atoms with E-state index in [2.05, 4.69) is 27.7 Å². The zero-order chi connectivity index (χ0) is 7.28. The third-order valence-corrected chi connectivity index (χ3v) is 4.69. The Morgan fingerprint density at radius 2 is 1.33 bits per heavy atom. The van der Waals surface area contributed by atoms with Gasteiger partial charge in [0.1, 0.15) is 0 Å². The van der Waals surface area contributed by atoms with Crippen molar-refractivity contribution in [3.63, 3.8) is 0 Å². The van der Waals surface area contributed by atoms with Crippen LogP contribution in [0.5, 0.6) is 0 Å². The lowest BCUT2D eigenvalue weighted by atomic mass is 10.3.